The number of nitrogens with one attached hydrogen (secondary N) is 1. The Kier molecular flexibility index (Phi) is 8.55. The highest BCUT2D eigenvalue weighted by molar-refractivity contribution is 7.80. The predicted molar refractivity (Wildman–Crippen MR) is 171 cm³/mol. The number of anilines is 1. The van der Waals surface area contributed by atoms with E-state index in [4.69, 9.17) is 26.7 Å². The van der Waals surface area contributed by atoms with Crippen molar-refractivity contribution < 1.29 is 9.47 Å². The van der Waals surface area contributed by atoms with Crippen LogP contribution in [0.3, 0.4) is 0 Å². The van der Waals surface area contributed by atoms with E-state index in [1.807, 2.05) is 48.7 Å². The first-order chi connectivity index (χ1) is 20.5. The van der Waals surface area contributed by atoms with Crippen LogP contribution < -0.4 is 15.0 Å². The summed E-state index contributed by atoms with van der Waals surface area (Å²) < 4.78 is 14.2. The molecule has 2 saturated heterocycles. The molecule has 0 bridgehead atoms. The highest BCUT2D eigenvalue weighted by Crippen LogP contribution is 2.43. The van der Waals surface area contributed by atoms with Gasteiger partial charge in [-0.3, -0.25) is 9.88 Å². The number of benzene rings is 2. The molecular weight excluding hydrogens is 542 g/mol. The van der Waals surface area contributed by atoms with Gasteiger partial charge in [-0.1, -0.05) is 24.3 Å². The van der Waals surface area contributed by atoms with Gasteiger partial charge in [0.15, 0.2) is 5.11 Å². The molecule has 0 radical (unpaired) electrons. The van der Waals surface area contributed by atoms with E-state index in [1.54, 1.807) is 0 Å². The molecule has 4 aromatic rings. The van der Waals surface area contributed by atoms with Crippen LogP contribution in [0.5, 0.6) is 11.5 Å². The Morgan fingerprint density at radius 3 is 2.45 bits per heavy atom. The third-order valence-corrected chi connectivity index (χ3v) is 8.74. The van der Waals surface area contributed by atoms with Crippen LogP contribution in [-0.2, 0) is 11.3 Å². The van der Waals surface area contributed by atoms with Gasteiger partial charge in [0.1, 0.15) is 11.5 Å². The summed E-state index contributed by atoms with van der Waals surface area (Å²) in [6, 6.07) is 24.6. The second-order valence-electron chi connectivity index (χ2n) is 11.1. The number of aromatic nitrogens is 2. The van der Waals surface area contributed by atoms with Gasteiger partial charge in [-0.15, -0.1) is 0 Å². The highest BCUT2D eigenvalue weighted by atomic mass is 32.1. The van der Waals surface area contributed by atoms with Gasteiger partial charge in [0.2, 0.25) is 0 Å². The zero-order valence-electron chi connectivity index (χ0n) is 24.6. The number of ether oxygens (including phenoxy) is 2. The van der Waals surface area contributed by atoms with Crippen molar-refractivity contribution in [3.8, 4) is 11.5 Å². The number of para-hydroxylation sites is 1. The van der Waals surface area contributed by atoms with Gasteiger partial charge < -0.3 is 24.3 Å². The van der Waals surface area contributed by atoms with Crippen LogP contribution in [-0.4, -0.2) is 52.4 Å². The van der Waals surface area contributed by atoms with Gasteiger partial charge in [0.05, 0.1) is 31.0 Å². The van der Waals surface area contributed by atoms with Crippen molar-refractivity contribution in [2.24, 2.45) is 0 Å². The van der Waals surface area contributed by atoms with E-state index in [-0.39, 0.29) is 12.1 Å². The van der Waals surface area contributed by atoms with Crippen LogP contribution >= 0.6 is 12.2 Å². The molecule has 2 aliphatic rings. The maximum absolute atomic E-state index is 6.18. The number of thiocarbonyl (C=S) groups is 1. The van der Waals surface area contributed by atoms with Crippen molar-refractivity contribution in [1.82, 2.24) is 19.8 Å². The average molecular weight is 582 g/mol. The maximum Gasteiger partial charge on any atom is 0.174 e. The molecule has 2 fully saturated rings. The Morgan fingerprint density at radius 2 is 1.71 bits per heavy atom. The standard InChI is InChI=1S/C34H39N5O2S/c1-24-9-4-5-11-31(24)41-28-14-12-27(13-15-28)39-33(32(36-34(39)42)30-10-6-7-16-35-30)29-23-25(2)38(26(29)3)18-8-17-37-19-21-40-22-20-37/h4-7,9-16,23,32-33H,8,17-22H2,1-3H3,(H,36,42)/t32-,33-/m0/s1. The first-order valence-corrected chi connectivity index (χ1v) is 15.2. The normalized spacial score (nSPS) is 19.2. The van der Waals surface area contributed by atoms with Crippen LogP contribution in [0, 0.1) is 20.8 Å². The number of morpholine rings is 1. The van der Waals surface area contributed by atoms with Crippen molar-refractivity contribution >= 4 is 23.0 Å². The van der Waals surface area contributed by atoms with E-state index in [2.05, 4.69) is 70.8 Å². The summed E-state index contributed by atoms with van der Waals surface area (Å²) in [7, 11) is 0. The number of hydrogen-bond donors (Lipinski definition) is 1. The molecule has 4 heterocycles. The number of pyridine rings is 1. The SMILES string of the molecule is Cc1ccccc1Oc1ccc(N2C(=S)N[C@@H](c3ccccn3)[C@@H]2c2cc(C)n(CCCN3CCOCC3)c2C)cc1. The van der Waals surface area contributed by atoms with E-state index >= 15 is 0 Å². The fourth-order valence-electron chi connectivity index (χ4n) is 6.17. The first kappa shape index (κ1) is 28.4. The van der Waals surface area contributed by atoms with Crippen molar-refractivity contribution in [2.45, 2.75) is 45.8 Å². The second-order valence-corrected chi connectivity index (χ2v) is 11.5. The molecule has 0 unspecified atom stereocenters. The van der Waals surface area contributed by atoms with Crippen molar-refractivity contribution in [3.05, 3.63) is 107 Å². The van der Waals surface area contributed by atoms with Gasteiger partial charge in [-0.2, -0.15) is 0 Å². The molecule has 2 atom stereocenters. The van der Waals surface area contributed by atoms with Gasteiger partial charge in [-0.25, -0.2) is 0 Å². The Labute approximate surface area is 254 Å². The topological polar surface area (TPSA) is 54.8 Å². The molecule has 6 rings (SSSR count). The fourth-order valence-corrected chi connectivity index (χ4v) is 6.52. The minimum absolute atomic E-state index is 0.0465. The second kappa shape index (κ2) is 12.7. The van der Waals surface area contributed by atoms with Crippen molar-refractivity contribution in [2.75, 3.05) is 37.7 Å². The van der Waals surface area contributed by atoms with E-state index in [1.165, 1.54) is 17.0 Å². The lowest BCUT2D eigenvalue weighted by Crippen LogP contribution is -2.37. The molecule has 7 nitrogen and oxygen atoms in total. The number of hydrogen-bond acceptors (Lipinski definition) is 5. The van der Waals surface area contributed by atoms with Gasteiger partial charge >= 0.3 is 0 Å². The van der Waals surface area contributed by atoms with Crippen LogP contribution in [0.2, 0.25) is 0 Å². The summed E-state index contributed by atoms with van der Waals surface area (Å²) in [6.45, 7) is 12.3. The highest BCUT2D eigenvalue weighted by Gasteiger charge is 2.42. The van der Waals surface area contributed by atoms with E-state index < -0.39 is 0 Å². The zero-order chi connectivity index (χ0) is 29.1. The summed E-state index contributed by atoms with van der Waals surface area (Å²) in [5, 5.41) is 4.30. The van der Waals surface area contributed by atoms with Crippen LogP contribution in [0.25, 0.3) is 0 Å². The molecule has 2 aromatic carbocycles. The minimum Gasteiger partial charge on any atom is -0.457 e. The summed E-state index contributed by atoms with van der Waals surface area (Å²) in [5.74, 6) is 1.65. The Bertz CT molecular complexity index is 1510. The predicted octanol–water partition coefficient (Wildman–Crippen LogP) is 6.50. The summed E-state index contributed by atoms with van der Waals surface area (Å²) in [5.41, 5.74) is 6.90. The molecule has 0 amide bonds. The Morgan fingerprint density at radius 1 is 0.952 bits per heavy atom. The van der Waals surface area contributed by atoms with Gasteiger partial charge in [0.25, 0.3) is 0 Å². The molecule has 2 aliphatic heterocycles. The molecule has 218 valence electrons. The van der Waals surface area contributed by atoms with Crippen LogP contribution in [0.15, 0.2) is 79.0 Å². The van der Waals surface area contributed by atoms with Crippen LogP contribution in [0.1, 0.15) is 46.7 Å². The Balaban J connectivity index is 1.29. The number of aryl methyl sites for hydroxylation is 2. The average Bonchev–Trinajstić information content (AvgIpc) is 3.50. The maximum atomic E-state index is 6.18. The molecular formula is C34H39N5O2S. The fraction of sp³-hybridized carbons (Fsp3) is 0.353. The minimum atomic E-state index is -0.0797. The number of rotatable bonds is 9. The lowest BCUT2D eigenvalue weighted by Gasteiger charge is -2.28. The summed E-state index contributed by atoms with van der Waals surface area (Å²) >= 11 is 5.99. The lowest BCUT2D eigenvalue weighted by molar-refractivity contribution is 0.0369. The van der Waals surface area contributed by atoms with Gasteiger partial charge in [0, 0.05) is 49.5 Å². The molecule has 8 heteroatoms. The molecule has 1 N–H and O–H groups in total. The lowest BCUT2D eigenvalue weighted by atomic mass is 9.96. The van der Waals surface area contributed by atoms with Crippen molar-refractivity contribution in [3.63, 3.8) is 0 Å². The zero-order valence-corrected chi connectivity index (χ0v) is 25.4. The molecule has 42 heavy (non-hydrogen) atoms. The summed E-state index contributed by atoms with van der Waals surface area (Å²) in [6.07, 6.45) is 2.96. The van der Waals surface area contributed by atoms with E-state index in [0.29, 0.717) is 5.11 Å². The third kappa shape index (κ3) is 5.93. The van der Waals surface area contributed by atoms with Crippen molar-refractivity contribution in [1.29, 1.82) is 0 Å². The van der Waals surface area contributed by atoms with E-state index in [9.17, 15) is 0 Å². The largest absolute Gasteiger partial charge is 0.457 e. The molecule has 2 aromatic heterocycles. The van der Waals surface area contributed by atoms with E-state index in [0.717, 1.165) is 74.3 Å². The molecule has 0 saturated carbocycles. The monoisotopic (exact) mass is 581 g/mol. The third-order valence-electron chi connectivity index (χ3n) is 8.43. The van der Waals surface area contributed by atoms with Crippen LogP contribution in [0.4, 0.5) is 5.69 Å². The summed E-state index contributed by atoms with van der Waals surface area (Å²) in [4.78, 5) is 9.48. The number of nitrogens with zero attached hydrogens (tertiary/aromatic N) is 4. The molecule has 0 spiro atoms. The van der Waals surface area contributed by atoms with Gasteiger partial charge in [-0.05, 0) is 99.1 Å². The first-order valence-electron chi connectivity index (χ1n) is 14.8. The molecule has 0 aliphatic carbocycles. The Hall–Kier alpha value is -3.72. The smallest absolute Gasteiger partial charge is 0.174 e. The quantitative estimate of drug-likeness (QED) is 0.227.